The molecule has 2 saturated carbocycles. The molecule has 2 aliphatic rings. The maximum absolute atomic E-state index is 12.7. The summed E-state index contributed by atoms with van der Waals surface area (Å²) in [7, 11) is 0. The fraction of sp³-hybridized carbons (Fsp3) is 0.526. The summed E-state index contributed by atoms with van der Waals surface area (Å²) in [5, 5.41) is 11.4. The zero-order valence-electron chi connectivity index (χ0n) is 14.6. The van der Waals surface area contributed by atoms with Gasteiger partial charge in [0.15, 0.2) is 5.69 Å². The lowest BCUT2D eigenvalue weighted by Crippen LogP contribution is -2.53. The Balaban J connectivity index is 1.47. The van der Waals surface area contributed by atoms with Crippen molar-refractivity contribution in [2.75, 3.05) is 0 Å². The van der Waals surface area contributed by atoms with Gasteiger partial charge in [-0.2, -0.15) is 0 Å². The van der Waals surface area contributed by atoms with E-state index in [1.165, 1.54) is 12.0 Å². The van der Waals surface area contributed by atoms with E-state index in [1.807, 2.05) is 31.2 Å². The Labute approximate surface area is 147 Å². The molecule has 0 radical (unpaired) electrons. The molecule has 0 aliphatic heterocycles. The Morgan fingerprint density at radius 1 is 1.20 bits per heavy atom. The summed E-state index contributed by atoms with van der Waals surface area (Å²) >= 11 is 0. The Morgan fingerprint density at radius 2 is 1.88 bits per heavy atom. The number of carbonyl (C=O) groups excluding carboxylic acids is 1. The minimum atomic E-state index is -0.129. The summed E-state index contributed by atoms with van der Waals surface area (Å²) < 4.78 is 1.64. The van der Waals surface area contributed by atoms with E-state index in [9.17, 15) is 4.79 Å². The van der Waals surface area contributed by atoms with Gasteiger partial charge in [-0.25, -0.2) is 4.68 Å². The summed E-state index contributed by atoms with van der Waals surface area (Å²) in [6.07, 6.45) is 7.29. The number of hydrogen-bond donors (Lipinski definition) is 2. The predicted molar refractivity (Wildman–Crippen MR) is 95.4 cm³/mol. The van der Waals surface area contributed by atoms with E-state index >= 15 is 0 Å². The highest BCUT2D eigenvalue weighted by molar-refractivity contribution is 5.92. The summed E-state index contributed by atoms with van der Waals surface area (Å²) in [5.74, 6) is 0.868. The number of nitrogens with one attached hydrogen (secondary N) is 1. The minimum Gasteiger partial charge on any atom is -0.347 e. The quantitative estimate of drug-likeness (QED) is 0.898. The third-order valence-corrected chi connectivity index (χ3v) is 5.70. The molecule has 132 valence electrons. The van der Waals surface area contributed by atoms with Crippen LogP contribution in [0.15, 0.2) is 30.5 Å². The molecular formula is C19H25N5O. The fourth-order valence-electron chi connectivity index (χ4n) is 4.44. The SMILES string of the molecule is Cc1ccc(-n2cc(C(=O)NC3C4CCCC3CC(N)C4)nn2)cc1. The van der Waals surface area contributed by atoms with Gasteiger partial charge in [0.2, 0.25) is 0 Å². The van der Waals surface area contributed by atoms with E-state index in [1.54, 1.807) is 10.9 Å². The van der Waals surface area contributed by atoms with Crippen LogP contribution in [-0.2, 0) is 0 Å². The molecule has 4 rings (SSSR count). The third kappa shape index (κ3) is 3.31. The normalized spacial score (nSPS) is 28.6. The third-order valence-electron chi connectivity index (χ3n) is 5.70. The number of nitrogens with two attached hydrogens (primary N) is 1. The number of nitrogens with zero attached hydrogens (tertiary/aromatic N) is 3. The molecule has 6 nitrogen and oxygen atoms in total. The van der Waals surface area contributed by atoms with Gasteiger partial charge in [-0.05, 0) is 56.6 Å². The topological polar surface area (TPSA) is 85.8 Å². The summed E-state index contributed by atoms with van der Waals surface area (Å²) in [6, 6.07) is 8.49. The first-order chi connectivity index (χ1) is 12.1. The van der Waals surface area contributed by atoms with Crippen molar-refractivity contribution in [2.24, 2.45) is 17.6 Å². The van der Waals surface area contributed by atoms with Gasteiger partial charge >= 0.3 is 0 Å². The molecule has 2 atom stereocenters. The smallest absolute Gasteiger partial charge is 0.273 e. The average Bonchev–Trinajstić information content (AvgIpc) is 3.06. The van der Waals surface area contributed by atoms with E-state index in [0.29, 0.717) is 17.5 Å². The van der Waals surface area contributed by atoms with Gasteiger partial charge in [-0.1, -0.05) is 29.3 Å². The fourth-order valence-corrected chi connectivity index (χ4v) is 4.44. The van der Waals surface area contributed by atoms with Gasteiger partial charge in [0.25, 0.3) is 5.91 Å². The van der Waals surface area contributed by atoms with Gasteiger partial charge in [-0.15, -0.1) is 5.10 Å². The molecule has 0 saturated heterocycles. The lowest BCUT2D eigenvalue weighted by Gasteiger charge is -2.45. The van der Waals surface area contributed by atoms with Crippen LogP contribution in [0.25, 0.3) is 5.69 Å². The number of rotatable bonds is 3. The van der Waals surface area contributed by atoms with Crippen LogP contribution in [-0.4, -0.2) is 33.0 Å². The van der Waals surface area contributed by atoms with Gasteiger partial charge in [0.05, 0.1) is 11.9 Å². The lowest BCUT2D eigenvalue weighted by molar-refractivity contribution is 0.0751. The molecule has 1 aromatic heterocycles. The Bertz CT molecular complexity index is 739. The summed E-state index contributed by atoms with van der Waals surface area (Å²) in [5.41, 5.74) is 8.62. The highest BCUT2D eigenvalue weighted by Gasteiger charge is 2.40. The Kier molecular flexibility index (Phi) is 4.29. The van der Waals surface area contributed by atoms with Crippen LogP contribution in [0.1, 0.15) is 48.2 Å². The first-order valence-corrected chi connectivity index (χ1v) is 9.16. The first kappa shape index (κ1) is 16.3. The number of fused-ring (bicyclic) bond motifs is 2. The van der Waals surface area contributed by atoms with Crippen LogP contribution in [0.5, 0.6) is 0 Å². The van der Waals surface area contributed by atoms with Crippen molar-refractivity contribution in [3.05, 3.63) is 41.7 Å². The van der Waals surface area contributed by atoms with E-state index in [4.69, 9.17) is 5.73 Å². The van der Waals surface area contributed by atoms with Crippen molar-refractivity contribution >= 4 is 5.91 Å². The molecule has 2 aromatic rings. The highest BCUT2D eigenvalue weighted by Crippen LogP contribution is 2.39. The molecule has 25 heavy (non-hydrogen) atoms. The summed E-state index contributed by atoms with van der Waals surface area (Å²) in [4.78, 5) is 12.7. The molecular weight excluding hydrogens is 314 g/mol. The molecule has 2 fully saturated rings. The van der Waals surface area contributed by atoms with Crippen LogP contribution < -0.4 is 11.1 Å². The zero-order valence-corrected chi connectivity index (χ0v) is 14.6. The van der Waals surface area contributed by atoms with E-state index in [0.717, 1.165) is 31.4 Å². The zero-order chi connectivity index (χ0) is 17.4. The second-order valence-corrected chi connectivity index (χ2v) is 7.57. The van der Waals surface area contributed by atoms with Gasteiger partial charge in [0.1, 0.15) is 0 Å². The van der Waals surface area contributed by atoms with Gasteiger partial charge < -0.3 is 11.1 Å². The van der Waals surface area contributed by atoms with Crippen molar-refractivity contribution in [1.82, 2.24) is 20.3 Å². The molecule has 2 unspecified atom stereocenters. The van der Waals surface area contributed by atoms with Crippen LogP contribution in [0.4, 0.5) is 0 Å². The number of benzene rings is 1. The second-order valence-electron chi connectivity index (χ2n) is 7.57. The standard InChI is InChI=1S/C19H25N5O/c1-12-5-7-16(8-6-12)24-11-17(22-23-24)19(25)21-18-13-3-2-4-14(18)10-15(20)9-13/h5-8,11,13-15,18H,2-4,9-10,20H2,1H3,(H,21,25). The molecule has 1 aromatic carbocycles. The van der Waals surface area contributed by atoms with Crippen molar-refractivity contribution < 1.29 is 4.79 Å². The molecule has 1 amide bonds. The average molecular weight is 339 g/mol. The van der Waals surface area contributed by atoms with E-state index < -0.39 is 0 Å². The van der Waals surface area contributed by atoms with Crippen molar-refractivity contribution in [3.63, 3.8) is 0 Å². The maximum atomic E-state index is 12.7. The van der Waals surface area contributed by atoms with Crippen LogP contribution in [0.2, 0.25) is 0 Å². The van der Waals surface area contributed by atoms with E-state index in [2.05, 4.69) is 15.6 Å². The predicted octanol–water partition coefficient (Wildman–Crippen LogP) is 2.21. The molecule has 6 heteroatoms. The molecule has 2 aliphatic carbocycles. The second kappa shape index (κ2) is 6.59. The first-order valence-electron chi connectivity index (χ1n) is 9.16. The minimum absolute atomic E-state index is 0.129. The van der Waals surface area contributed by atoms with Crippen LogP contribution in [0, 0.1) is 18.8 Å². The van der Waals surface area contributed by atoms with E-state index in [-0.39, 0.29) is 18.0 Å². The van der Waals surface area contributed by atoms with Crippen molar-refractivity contribution in [3.8, 4) is 5.69 Å². The highest BCUT2D eigenvalue weighted by atomic mass is 16.2. The van der Waals surface area contributed by atoms with Gasteiger partial charge in [-0.3, -0.25) is 4.79 Å². The number of aryl methyl sites for hydroxylation is 1. The number of carbonyl (C=O) groups is 1. The van der Waals surface area contributed by atoms with Gasteiger partial charge in [0, 0.05) is 12.1 Å². The number of aromatic nitrogens is 3. The Hall–Kier alpha value is -2.21. The molecule has 3 N–H and O–H groups in total. The molecule has 2 bridgehead atoms. The number of amides is 1. The van der Waals surface area contributed by atoms with Crippen LogP contribution >= 0.6 is 0 Å². The van der Waals surface area contributed by atoms with Crippen molar-refractivity contribution in [1.29, 1.82) is 0 Å². The summed E-state index contributed by atoms with van der Waals surface area (Å²) in [6.45, 7) is 2.04. The lowest BCUT2D eigenvalue weighted by atomic mass is 9.67. The monoisotopic (exact) mass is 339 g/mol. The largest absolute Gasteiger partial charge is 0.347 e. The Morgan fingerprint density at radius 3 is 2.56 bits per heavy atom. The number of hydrogen-bond acceptors (Lipinski definition) is 4. The van der Waals surface area contributed by atoms with Crippen molar-refractivity contribution in [2.45, 2.75) is 51.1 Å². The molecule has 1 heterocycles. The molecule has 0 spiro atoms. The van der Waals surface area contributed by atoms with Crippen LogP contribution in [0.3, 0.4) is 0 Å². The maximum Gasteiger partial charge on any atom is 0.273 e.